The average molecular weight is 270 g/mol. The van der Waals surface area contributed by atoms with E-state index in [0.29, 0.717) is 0 Å². The van der Waals surface area contributed by atoms with Crippen molar-refractivity contribution in [2.45, 2.75) is 16.7 Å². The first-order chi connectivity index (χ1) is 9.16. The molecule has 0 bridgehead atoms. The van der Waals surface area contributed by atoms with Crippen LogP contribution in [0, 0.1) is 0 Å². The Bertz CT molecular complexity index is 566. The van der Waals surface area contributed by atoms with Crippen molar-refractivity contribution in [3.05, 3.63) is 59.7 Å². The molecule has 0 unspecified atom stereocenters. The maximum atomic E-state index is 9.00. The molecule has 2 nitrogen and oxygen atoms in total. The topological polar surface area (TPSA) is 37.3 Å². The molecule has 0 amide bonds. The minimum absolute atomic E-state index is 0.833. The summed E-state index contributed by atoms with van der Waals surface area (Å²) in [7, 11) is 0. The molecule has 0 saturated carbocycles. The molecule has 1 heterocycles. The zero-order chi connectivity index (χ0) is 13.7. The molecule has 0 radical (unpaired) electrons. The monoisotopic (exact) mass is 270 g/mol. The molecule has 96 valence electrons. The Labute approximate surface area is 116 Å². The third-order valence-corrected chi connectivity index (χ3v) is 3.68. The Morgan fingerprint density at radius 3 is 1.68 bits per heavy atom. The van der Waals surface area contributed by atoms with Crippen LogP contribution in [0.2, 0.25) is 0 Å². The third-order valence-electron chi connectivity index (χ3n) is 2.50. The van der Waals surface area contributed by atoms with Gasteiger partial charge in [-0.2, -0.15) is 0 Å². The fraction of sp³-hybridized carbons (Fsp3) is 0.0625. The molecule has 0 aliphatic carbocycles. The lowest BCUT2D eigenvalue weighted by atomic mass is 10.1. The van der Waals surface area contributed by atoms with E-state index >= 15 is 0 Å². The Hall–Kier alpha value is -2.00. The lowest BCUT2D eigenvalue weighted by Gasteiger charge is -2.04. The summed E-state index contributed by atoms with van der Waals surface area (Å²) >= 11 is 1.84. The van der Waals surface area contributed by atoms with Crippen molar-refractivity contribution in [1.29, 1.82) is 0 Å². The Morgan fingerprint density at radius 1 is 0.895 bits per heavy atom. The standard InChI is InChI=1S/C14H10S.C2H4O2/c1-3-7-13-11(5-1)9-10-12-6-2-4-8-14(12)15-13;1-2(3)4/h1-10H;1H3,(H,3,4). The SMILES string of the molecule is C1=Cc2ccccc2Sc2ccccc21.CC(=O)O. The molecule has 0 aromatic heterocycles. The van der Waals surface area contributed by atoms with Gasteiger partial charge in [0.1, 0.15) is 0 Å². The Kier molecular flexibility index (Phi) is 4.42. The van der Waals surface area contributed by atoms with Crippen molar-refractivity contribution >= 4 is 29.9 Å². The molecule has 0 atom stereocenters. The number of fused-ring (bicyclic) bond motifs is 2. The fourth-order valence-corrected chi connectivity index (χ4v) is 2.76. The molecular weight excluding hydrogens is 256 g/mol. The Balaban J connectivity index is 0.000000297. The first-order valence-corrected chi connectivity index (χ1v) is 6.72. The number of carbonyl (C=O) groups is 1. The summed E-state index contributed by atoms with van der Waals surface area (Å²) in [4.78, 5) is 11.7. The maximum Gasteiger partial charge on any atom is 0.300 e. The van der Waals surface area contributed by atoms with Gasteiger partial charge in [-0.25, -0.2) is 0 Å². The summed E-state index contributed by atoms with van der Waals surface area (Å²) in [6.07, 6.45) is 4.38. The quantitative estimate of drug-likeness (QED) is 0.657. The van der Waals surface area contributed by atoms with E-state index in [1.54, 1.807) is 0 Å². The van der Waals surface area contributed by atoms with Crippen LogP contribution in [0.3, 0.4) is 0 Å². The van der Waals surface area contributed by atoms with Crippen LogP contribution in [0.4, 0.5) is 0 Å². The van der Waals surface area contributed by atoms with E-state index in [-0.39, 0.29) is 0 Å². The van der Waals surface area contributed by atoms with Gasteiger partial charge in [-0.1, -0.05) is 60.3 Å². The van der Waals surface area contributed by atoms with E-state index in [1.165, 1.54) is 20.9 Å². The van der Waals surface area contributed by atoms with Crippen LogP contribution in [0.1, 0.15) is 18.1 Å². The van der Waals surface area contributed by atoms with Crippen molar-refractivity contribution in [3.8, 4) is 0 Å². The van der Waals surface area contributed by atoms with E-state index in [0.717, 1.165) is 6.92 Å². The molecule has 2 aromatic rings. The van der Waals surface area contributed by atoms with Crippen molar-refractivity contribution in [1.82, 2.24) is 0 Å². The van der Waals surface area contributed by atoms with Gasteiger partial charge in [0.2, 0.25) is 0 Å². The van der Waals surface area contributed by atoms with E-state index in [9.17, 15) is 0 Å². The van der Waals surface area contributed by atoms with Gasteiger partial charge in [0.15, 0.2) is 0 Å². The molecular formula is C16H14O2S. The number of aliphatic carboxylic acids is 1. The highest BCUT2D eigenvalue weighted by Gasteiger charge is 2.07. The van der Waals surface area contributed by atoms with Gasteiger partial charge in [0.05, 0.1) is 0 Å². The molecule has 1 N–H and O–H groups in total. The molecule has 1 aliphatic rings. The molecule has 0 spiro atoms. The van der Waals surface area contributed by atoms with Gasteiger partial charge < -0.3 is 5.11 Å². The number of hydrogen-bond donors (Lipinski definition) is 1. The van der Waals surface area contributed by atoms with Crippen LogP contribution in [0.15, 0.2) is 58.3 Å². The number of benzene rings is 2. The molecule has 3 heteroatoms. The highest BCUT2D eigenvalue weighted by Crippen LogP contribution is 2.36. The fourth-order valence-electron chi connectivity index (χ4n) is 1.72. The first-order valence-electron chi connectivity index (χ1n) is 5.90. The van der Waals surface area contributed by atoms with Crippen LogP contribution in [-0.2, 0) is 4.79 Å². The van der Waals surface area contributed by atoms with Gasteiger partial charge >= 0.3 is 0 Å². The number of rotatable bonds is 0. The summed E-state index contributed by atoms with van der Waals surface area (Å²) in [5.74, 6) is -0.833. The second kappa shape index (κ2) is 6.25. The largest absolute Gasteiger partial charge is 0.481 e. The summed E-state index contributed by atoms with van der Waals surface area (Å²) < 4.78 is 0. The molecule has 0 fully saturated rings. The van der Waals surface area contributed by atoms with Gasteiger partial charge in [0, 0.05) is 16.7 Å². The lowest BCUT2D eigenvalue weighted by molar-refractivity contribution is -0.134. The predicted octanol–water partition coefficient (Wildman–Crippen LogP) is 4.41. The predicted molar refractivity (Wildman–Crippen MR) is 79.2 cm³/mol. The zero-order valence-electron chi connectivity index (χ0n) is 10.5. The Morgan fingerprint density at radius 2 is 1.26 bits per heavy atom. The normalized spacial score (nSPS) is 11.4. The minimum Gasteiger partial charge on any atom is -0.481 e. The molecule has 1 aliphatic heterocycles. The van der Waals surface area contributed by atoms with E-state index in [1.807, 2.05) is 11.8 Å². The maximum absolute atomic E-state index is 9.00. The van der Waals surface area contributed by atoms with Crippen molar-refractivity contribution < 1.29 is 9.90 Å². The summed E-state index contributed by atoms with van der Waals surface area (Å²) in [5, 5.41) is 7.42. The number of carboxylic acids is 1. The lowest BCUT2D eigenvalue weighted by Crippen LogP contribution is -1.78. The summed E-state index contributed by atoms with van der Waals surface area (Å²) in [6.45, 7) is 1.08. The van der Waals surface area contributed by atoms with Gasteiger partial charge in [-0.05, 0) is 23.3 Å². The summed E-state index contributed by atoms with van der Waals surface area (Å²) in [6, 6.07) is 17.0. The summed E-state index contributed by atoms with van der Waals surface area (Å²) in [5.41, 5.74) is 2.61. The van der Waals surface area contributed by atoms with Gasteiger partial charge in [0.25, 0.3) is 5.97 Å². The third kappa shape index (κ3) is 3.73. The minimum atomic E-state index is -0.833. The van der Waals surface area contributed by atoms with Crippen molar-refractivity contribution in [3.63, 3.8) is 0 Å². The molecule has 19 heavy (non-hydrogen) atoms. The van der Waals surface area contributed by atoms with Gasteiger partial charge in [-0.15, -0.1) is 0 Å². The van der Waals surface area contributed by atoms with Crippen LogP contribution < -0.4 is 0 Å². The van der Waals surface area contributed by atoms with Gasteiger partial charge in [-0.3, -0.25) is 4.79 Å². The second-order valence-electron chi connectivity index (χ2n) is 4.03. The highest BCUT2D eigenvalue weighted by molar-refractivity contribution is 7.99. The van der Waals surface area contributed by atoms with Crippen LogP contribution in [0.5, 0.6) is 0 Å². The molecule has 0 saturated heterocycles. The number of carboxylic acid groups (broad SMARTS) is 1. The molecule has 2 aromatic carbocycles. The highest BCUT2D eigenvalue weighted by atomic mass is 32.2. The van der Waals surface area contributed by atoms with E-state index in [2.05, 4.69) is 60.7 Å². The average Bonchev–Trinajstić information content (AvgIpc) is 2.57. The zero-order valence-corrected chi connectivity index (χ0v) is 11.4. The van der Waals surface area contributed by atoms with E-state index < -0.39 is 5.97 Å². The number of hydrogen-bond acceptors (Lipinski definition) is 2. The first kappa shape index (κ1) is 13.4. The van der Waals surface area contributed by atoms with E-state index in [4.69, 9.17) is 9.90 Å². The second-order valence-corrected chi connectivity index (χ2v) is 5.11. The van der Waals surface area contributed by atoms with Crippen LogP contribution in [0.25, 0.3) is 12.2 Å². The smallest absolute Gasteiger partial charge is 0.300 e. The van der Waals surface area contributed by atoms with Crippen LogP contribution in [-0.4, -0.2) is 11.1 Å². The van der Waals surface area contributed by atoms with Crippen LogP contribution >= 0.6 is 11.8 Å². The van der Waals surface area contributed by atoms with Crippen molar-refractivity contribution in [2.75, 3.05) is 0 Å². The van der Waals surface area contributed by atoms with Crippen molar-refractivity contribution in [2.24, 2.45) is 0 Å². The molecule has 3 rings (SSSR count).